The van der Waals surface area contributed by atoms with E-state index >= 15 is 0 Å². The van der Waals surface area contributed by atoms with Crippen molar-refractivity contribution in [2.24, 2.45) is 0 Å². The Balaban J connectivity index is 2.22. The normalized spacial score (nSPS) is 21.3. The van der Waals surface area contributed by atoms with Crippen molar-refractivity contribution in [3.8, 4) is 0 Å². The predicted octanol–water partition coefficient (Wildman–Crippen LogP) is 0.971. The van der Waals surface area contributed by atoms with Crippen LogP contribution >= 0.6 is 0 Å². The molecule has 15 heavy (non-hydrogen) atoms. The van der Waals surface area contributed by atoms with Crippen LogP contribution < -0.4 is 5.32 Å². The highest BCUT2D eigenvalue weighted by Gasteiger charge is 2.29. The van der Waals surface area contributed by atoms with Crippen molar-refractivity contribution in [2.45, 2.75) is 39.2 Å². The van der Waals surface area contributed by atoms with E-state index in [2.05, 4.69) is 12.2 Å². The van der Waals surface area contributed by atoms with Gasteiger partial charge in [-0.05, 0) is 13.3 Å². The molecule has 88 valence electrons. The Morgan fingerprint density at radius 1 is 1.53 bits per heavy atom. The van der Waals surface area contributed by atoms with Gasteiger partial charge in [0.1, 0.15) is 0 Å². The molecule has 1 heterocycles. The van der Waals surface area contributed by atoms with E-state index in [1.807, 2.05) is 11.8 Å². The average molecular weight is 214 g/mol. The Bertz CT molecular complexity index is 197. The molecule has 4 nitrogen and oxygen atoms in total. The number of nitrogens with zero attached hydrogens (tertiary/aromatic N) is 1. The molecular weight excluding hydrogens is 192 g/mol. The molecule has 1 aliphatic heterocycles. The lowest BCUT2D eigenvalue weighted by atomic mass is 10.1. The van der Waals surface area contributed by atoms with Crippen LogP contribution in [0.2, 0.25) is 0 Å². The minimum Gasteiger partial charge on any atom is -0.380 e. The number of rotatable bonds is 7. The molecule has 0 saturated carbocycles. The Labute approximate surface area is 92.0 Å². The molecule has 0 bridgehead atoms. The summed E-state index contributed by atoms with van der Waals surface area (Å²) in [6.07, 6.45) is 3.22. The number of hydrogen-bond donors (Lipinski definition) is 1. The van der Waals surface area contributed by atoms with Crippen LogP contribution in [0.15, 0.2) is 0 Å². The third kappa shape index (κ3) is 3.80. The SMILES string of the molecule is CCCCC1NCN(CCOCC)C1=O. The van der Waals surface area contributed by atoms with Crippen molar-refractivity contribution in [3.63, 3.8) is 0 Å². The van der Waals surface area contributed by atoms with Gasteiger partial charge in [0.25, 0.3) is 0 Å². The van der Waals surface area contributed by atoms with E-state index in [9.17, 15) is 4.79 Å². The van der Waals surface area contributed by atoms with Crippen LogP contribution in [0.3, 0.4) is 0 Å². The number of carbonyl (C=O) groups is 1. The van der Waals surface area contributed by atoms with Gasteiger partial charge < -0.3 is 9.64 Å². The molecule has 0 aromatic carbocycles. The van der Waals surface area contributed by atoms with E-state index in [1.165, 1.54) is 0 Å². The highest BCUT2D eigenvalue weighted by atomic mass is 16.5. The molecule has 1 unspecified atom stereocenters. The van der Waals surface area contributed by atoms with Crippen LogP contribution in [0.5, 0.6) is 0 Å². The molecule has 1 rings (SSSR count). The number of unbranched alkanes of at least 4 members (excludes halogenated alkanes) is 1. The summed E-state index contributed by atoms with van der Waals surface area (Å²) in [5, 5.41) is 3.24. The zero-order chi connectivity index (χ0) is 11.1. The lowest BCUT2D eigenvalue weighted by molar-refractivity contribution is -0.129. The summed E-state index contributed by atoms with van der Waals surface area (Å²) < 4.78 is 5.24. The van der Waals surface area contributed by atoms with Crippen molar-refractivity contribution in [1.29, 1.82) is 0 Å². The molecule has 0 aromatic heterocycles. The molecule has 0 aromatic rings. The summed E-state index contributed by atoms with van der Waals surface area (Å²) in [6, 6.07) is 0.0478. The smallest absolute Gasteiger partial charge is 0.240 e. The summed E-state index contributed by atoms with van der Waals surface area (Å²) in [4.78, 5) is 13.7. The van der Waals surface area contributed by atoms with Crippen LogP contribution in [0, 0.1) is 0 Å². The minimum atomic E-state index is 0.0478. The summed E-state index contributed by atoms with van der Waals surface area (Å²) in [5.74, 6) is 0.239. The second-order valence-corrected chi connectivity index (χ2v) is 3.86. The molecule has 1 N–H and O–H groups in total. The third-order valence-corrected chi connectivity index (χ3v) is 2.69. The van der Waals surface area contributed by atoms with E-state index in [1.54, 1.807) is 0 Å². The van der Waals surface area contributed by atoms with Gasteiger partial charge in [-0.1, -0.05) is 19.8 Å². The second kappa shape index (κ2) is 6.80. The highest BCUT2D eigenvalue weighted by molar-refractivity contribution is 5.83. The van der Waals surface area contributed by atoms with Gasteiger partial charge in [0, 0.05) is 13.2 Å². The zero-order valence-corrected chi connectivity index (χ0v) is 9.79. The van der Waals surface area contributed by atoms with Crippen LogP contribution in [0.1, 0.15) is 33.1 Å². The molecule has 1 amide bonds. The van der Waals surface area contributed by atoms with Crippen LogP contribution in [0.4, 0.5) is 0 Å². The van der Waals surface area contributed by atoms with Gasteiger partial charge in [-0.25, -0.2) is 0 Å². The number of ether oxygens (including phenoxy) is 1. The molecule has 1 atom stereocenters. The maximum Gasteiger partial charge on any atom is 0.240 e. The Morgan fingerprint density at radius 3 is 3.00 bits per heavy atom. The lowest BCUT2D eigenvalue weighted by Gasteiger charge is -2.14. The minimum absolute atomic E-state index is 0.0478. The molecular formula is C11H22N2O2. The Hall–Kier alpha value is -0.610. The van der Waals surface area contributed by atoms with Gasteiger partial charge in [0.05, 0.1) is 19.3 Å². The zero-order valence-electron chi connectivity index (χ0n) is 9.79. The quantitative estimate of drug-likeness (QED) is 0.642. The standard InChI is InChI=1S/C11H22N2O2/c1-3-5-6-10-11(14)13(9-12-10)7-8-15-4-2/h10,12H,3-9H2,1-2H3. The van der Waals surface area contributed by atoms with Gasteiger partial charge in [0.2, 0.25) is 5.91 Å². The van der Waals surface area contributed by atoms with E-state index in [-0.39, 0.29) is 11.9 Å². The fourth-order valence-electron chi connectivity index (χ4n) is 1.75. The van der Waals surface area contributed by atoms with E-state index in [4.69, 9.17) is 4.74 Å². The lowest BCUT2D eigenvalue weighted by Crippen LogP contribution is -2.32. The first kappa shape index (κ1) is 12.5. The maximum atomic E-state index is 11.8. The van der Waals surface area contributed by atoms with Gasteiger partial charge in [0.15, 0.2) is 0 Å². The third-order valence-electron chi connectivity index (χ3n) is 2.69. The van der Waals surface area contributed by atoms with Crippen LogP contribution in [-0.4, -0.2) is 43.3 Å². The molecule has 1 saturated heterocycles. The largest absolute Gasteiger partial charge is 0.380 e. The molecule has 0 radical (unpaired) electrons. The highest BCUT2D eigenvalue weighted by Crippen LogP contribution is 2.09. The second-order valence-electron chi connectivity index (χ2n) is 3.86. The fourth-order valence-corrected chi connectivity index (χ4v) is 1.75. The van der Waals surface area contributed by atoms with Crippen molar-refractivity contribution in [2.75, 3.05) is 26.4 Å². The van der Waals surface area contributed by atoms with E-state index < -0.39 is 0 Å². The maximum absolute atomic E-state index is 11.8. The van der Waals surface area contributed by atoms with Gasteiger partial charge >= 0.3 is 0 Å². The first-order chi connectivity index (χ1) is 7.29. The Morgan fingerprint density at radius 2 is 2.33 bits per heavy atom. The molecule has 1 fully saturated rings. The van der Waals surface area contributed by atoms with Crippen molar-refractivity contribution < 1.29 is 9.53 Å². The number of hydrogen-bond acceptors (Lipinski definition) is 3. The van der Waals surface area contributed by atoms with Gasteiger partial charge in [-0.2, -0.15) is 0 Å². The topological polar surface area (TPSA) is 41.6 Å². The first-order valence-electron chi connectivity index (χ1n) is 5.89. The van der Waals surface area contributed by atoms with Crippen molar-refractivity contribution in [3.05, 3.63) is 0 Å². The summed E-state index contributed by atoms with van der Waals surface area (Å²) in [5.41, 5.74) is 0. The summed E-state index contributed by atoms with van der Waals surface area (Å²) in [6.45, 7) is 6.86. The first-order valence-corrected chi connectivity index (χ1v) is 5.89. The summed E-state index contributed by atoms with van der Waals surface area (Å²) >= 11 is 0. The van der Waals surface area contributed by atoms with Crippen molar-refractivity contribution >= 4 is 5.91 Å². The fraction of sp³-hybridized carbons (Fsp3) is 0.909. The number of carbonyl (C=O) groups excluding carboxylic acids is 1. The molecule has 0 aliphatic carbocycles. The number of amides is 1. The number of nitrogens with one attached hydrogen (secondary N) is 1. The van der Waals surface area contributed by atoms with Crippen LogP contribution in [0.25, 0.3) is 0 Å². The van der Waals surface area contributed by atoms with E-state index in [0.29, 0.717) is 26.4 Å². The van der Waals surface area contributed by atoms with Gasteiger partial charge in [-0.3, -0.25) is 10.1 Å². The monoisotopic (exact) mass is 214 g/mol. The van der Waals surface area contributed by atoms with Crippen molar-refractivity contribution in [1.82, 2.24) is 10.2 Å². The van der Waals surface area contributed by atoms with E-state index in [0.717, 1.165) is 19.3 Å². The van der Waals surface area contributed by atoms with Gasteiger partial charge in [-0.15, -0.1) is 0 Å². The predicted molar refractivity (Wildman–Crippen MR) is 59.5 cm³/mol. The van der Waals surface area contributed by atoms with Crippen LogP contribution in [-0.2, 0) is 9.53 Å². The summed E-state index contributed by atoms with van der Waals surface area (Å²) in [7, 11) is 0. The average Bonchev–Trinajstić information content (AvgIpc) is 2.58. The Kier molecular flexibility index (Phi) is 5.65. The molecule has 1 aliphatic rings. The molecule has 4 heteroatoms. The molecule has 0 spiro atoms.